The van der Waals surface area contributed by atoms with Crippen molar-refractivity contribution >= 4 is 108 Å². The highest BCUT2D eigenvalue weighted by Gasteiger charge is 2.33. The summed E-state index contributed by atoms with van der Waals surface area (Å²) >= 11 is 15.5. The van der Waals surface area contributed by atoms with Gasteiger partial charge in [-0.2, -0.15) is 0 Å². The fraction of sp³-hybridized carbons (Fsp3) is 0.591. The Morgan fingerprint density at radius 1 is 0.848 bits per heavy atom. The second-order valence-electron chi connectivity index (χ2n) is 16.3. The predicted octanol–water partition coefficient (Wildman–Crippen LogP) is 12.5. The van der Waals surface area contributed by atoms with Crippen LogP contribution in [0.4, 0.5) is 13.2 Å². The second-order valence-corrected chi connectivity index (χ2v) is 21.6. The van der Waals surface area contributed by atoms with Crippen LogP contribution in [0.5, 0.6) is 0 Å². The van der Waals surface area contributed by atoms with Crippen LogP contribution in [-0.4, -0.2) is 90.4 Å². The third kappa shape index (κ3) is 24.0. The number of aromatic nitrogens is 3. The molecule has 0 radical (unpaired) electrons. The van der Waals surface area contributed by atoms with E-state index < -0.39 is 37.8 Å². The van der Waals surface area contributed by atoms with Crippen LogP contribution in [-0.2, 0) is 18.7 Å². The van der Waals surface area contributed by atoms with Gasteiger partial charge in [0, 0.05) is 33.9 Å². The number of unbranched alkanes of at least 4 members (excludes halogenated alkanes) is 3. The number of carbonyl (C=O) groups excluding carboxylic acids is 2. The summed E-state index contributed by atoms with van der Waals surface area (Å²) in [6.07, 6.45) is 14.8. The van der Waals surface area contributed by atoms with E-state index in [4.69, 9.17) is 25.3 Å². The molecule has 0 aliphatic carbocycles. The van der Waals surface area contributed by atoms with Gasteiger partial charge in [0.1, 0.15) is 41.1 Å². The lowest BCUT2D eigenvalue weighted by Crippen LogP contribution is -2.49. The topological polar surface area (TPSA) is 165 Å². The van der Waals surface area contributed by atoms with E-state index >= 15 is 0 Å². The van der Waals surface area contributed by atoms with Crippen LogP contribution in [0.2, 0.25) is 0 Å². The Labute approximate surface area is 429 Å². The molecule has 2 amide bonds. The highest BCUT2D eigenvalue weighted by atomic mass is 79.9. The Balaban J connectivity index is 0.000000446. The molecule has 22 heteroatoms. The first-order valence-electron chi connectivity index (χ1n) is 21.3. The van der Waals surface area contributed by atoms with Crippen LogP contribution in [0, 0.1) is 17.5 Å². The monoisotopic (exact) mass is 1200 g/mol. The number of nitrogens with zero attached hydrogens (tertiary/aromatic N) is 4. The van der Waals surface area contributed by atoms with Crippen molar-refractivity contribution in [1.29, 1.82) is 0 Å². The molecular formula is C44H61Br3Cl3F3N6O6S. The molecular weight excluding hydrogens is 1140 g/mol. The lowest BCUT2D eigenvalue weighted by Gasteiger charge is -2.28. The van der Waals surface area contributed by atoms with E-state index in [0.29, 0.717) is 50.0 Å². The molecule has 0 saturated carbocycles. The Bertz CT molecular complexity index is 1950. The van der Waals surface area contributed by atoms with E-state index in [1.807, 2.05) is 13.8 Å². The van der Waals surface area contributed by atoms with Crippen molar-refractivity contribution in [1.82, 2.24) is 25.6 Å². The molecule has 2 aliphatic rings. The van der Waals surface area contributed by atoms with E-state index in [2.05, 4.69) is 127 Å². The summed E-state index contributed by atoms with van der Waals surface area (Å²) in [6, 6.07) is 3.77. The molecule has 4 atom stereocenters. The molecule has 3 N–H and O–H groups in total. The molecule has 0 aromatic carbocycles. The minimum Gasteiger partial charge on any atom is -0.474 e. The van der Waals surface area contributed by atoms with Crippen molar-refractivity contribution in [3.8, 4) is 0 Å². The van der Waals surface area contributed by atoms with Gasteiger partial charge in [-0.3, -0.25) is 9.59 Å². The average molecular weight is 1210 g/mol. The number of ether oxygens (including phenoxy) is 2. The van der Waals surface area contributed by atoms with Gasteiger partial charge in [-0.1, -0.05) is 59.3 Å². The molecule has 5 rings (SSSR count). The number of aliphatic imine (C=N–C) groups is 1. The standard InChI is InChI=1S/C13H17BrClFN2O.C13H18BrFN2O2.C13H16BrFN2O.C5H10O.Cl2OS/c1-3-4-5-13(2,8-15)18-12(19)11-10(14)6-9(16)7-17-11;1-3-4-5-13(2,8-18)17-12(19)11-10(14)6-9(15)7-16-11;1-3-4-5-13(2)8-18-12(17-13)11-10(14)6-9(15)7-16-11;1-5-3-2-4-6-5;1-4(2)3/h6-7H,3-5,8H2,1-2H3,(H,18,19);6-7,18H,3-5,8H2,1-2H3,(H,17,19);6-7H,3-5,8H2,1-2H3;5H,2-4H2,1H3;/t3*13-;;/m111../s1. The number of hydrogen-bond acceptors (Lipinski definition) is 10. The summed E-state index contributed by atoms with van der Waals surface area (Å²) in [5, 5.41) is 15.0. The van der Waals surface area contributed by atoms with E-state index in [0.717, 1.165) is 70.4 Å². The first kappa shape index (κ1) is 62.0. The Kier molecular flexibility index (Phi) is 30.1. The zero-order valence-electron chi connectivity index (χ0n) is 38.2. The molecule has 372 valence electrons. The third-order valence-electron chi connectivity index (χ3n) is 9.81. The number of aliphatic hydroxyl groups excluding tert-OH is 1. The van der Waals surface area contributed by atoms with Crippen LogP contribution in [0.3, 0.4) is 0 Å². The van der Waals surface area contributed by atoms with Crippen LogP contribution < -0.4 is 10.6 Å². The molecule has 12 nitrogen and oxygen atoms in total. The summed E-state index contributed by atoms with van der Waals surface area (Å²) in [7, 11) is 7.36. The number of carbonyl (C=O) groups is 2. The number of pyridine rings is 3. The van der Waals surface area contributed by atoms with Crippen molar-refractivity contribution in [2.45, 2.75) is 142 Å². The van der Waals surface area contributed by atoms with Gasteiger partial charge in [-0.15, -0.1) is 11.6 Å². The summed E-state index contributed by atoms with van der Waals surface area (Å²) in [5.41, 5.74) is -0.517. The largest absolute Gasteiger partial charge is 0.474 e. The van der Waals surface area contributed by atoms with Crippen molar-refractivity contribution < 1.29 is 41.5 Å². The molecule has 66 heavy (non-hydrogen) atoms. The quantitative estimate of drug-likeness (QED) is 0.0935. The van der Waals surface area contributed by atoms with Crippen molar-refractivity contribution in [3.63, 3.8) is 0 Å². The Morgan fingerprint density at radius 3 is 1.68 bits per heavy atom. The second kappa shape index (κ2) is 32.0. The number of aliphatic hydroxyl groups is 1. The number of halogens is 9. The van der Waals surface area contributed by atoms with Gasteiger partial charge in [0.15, 0.2) is 0 Å². The minimum atomic E-state index is -1.67. The van der Waals surface area contributed by atoms with E-state index in [-0.39, 0.29) is 35.3 Å². The fourth-order valence-electron chi connectivity index (χ4n) is 5.96. The lowest BCUT2D eigenvalue weighted by atomic mass is 9.95. The number of alkyl halides is 1. The Morgan fingerprint density at radius 2 is 1.30 bits per heavy atom. The van der Waals surface area contributed by atoms with Crippen molar-refractivity contribution in [2.75, 3.05) is 25.7 Å². The van der Waals surface area contributed by atoms with Gasteiger partial charge in [-0.25, -0.2) is 37.3 Å². The molecule has 0 bridgehead atoms. The molecule has 0 spiro atoms. The normalized spacial score (nSPS) is 17.9. The summed E-state index contributed by atoms with van der Waals surface area (Å²) in [4.78, 5) is 40.4. The van der Waals surface area contributed by atoms with Gasteiger partial charge in [-0.05, 0) is 126 Å². The molecule has 5 heterocycles. The summed E-state index contributed by atoms with van der Waals surface area (Å²) < 4.78 is 59.9. The highest BCUT2D eigenvalue weighted by Crippen LogP contribution is 2.29. The van der Waals surface area contributed by atoms with Gasteiger partial charge in [0.2, 0.25) is 15.1 Å². The van der Waals surface area contributed by atoms with Crippen LogP contribution in [0.15, 0.2) is 55.2 Å². The maximum absolute atomic E-state index is 13.0. The first-order chi connectivity index (χ1) is 31.0. The maximum Gasteiger partial charge on any atom is 0.271 e. The average Bonchev–Trinajstić information content (AvgIpc) is 3.90. The highest BCUT2D eigenvalue weighted by molar-refractivity contribution is 9.11. The SMILES string of the molecule is CC1CCCO1.CCCC[C@](C)(CCl)NC(=O)c1ncc(F)cc1Br.CCCC[C@](C)(CO)NC(=O)c1ncc(F)cc1Br.CCCC[C@]1(C)COC(c2ncc(F)cc2Br)=N1.O=S(Cl)Cl. The zero-order chi connectivity index (χ0) is 50.1. The molecule has 3 aromatic rings. The fourth-order valence-corrected chi connectivity index (χ4v) is 7.65. The summed E-state index contributed by atoms with van der Waals surface area (Å²) in [6.45, 7) is 15.5. The number of hydrogen-bond donors (Lipinski definition) is 3. The van der Waals surface area contributed by atoms with Crippen LogP contribution >= 0.6 is 80.8 Å². The maximum atomic E-state index is 13.0. The minimum absolute atomic E-state index is 0.109. The lowest BCUT2D eigenvalue weighted by molar-refractivity contribution is 0.0832. The van der Waals surface area contributed by atoms with Crippen LogP contribution in [0.25, 0.3) is 0 Å². The molecule has 1 unspecified atom stereocenters. The van der Waals surface area contributed by atoms with E-state index in [1.165, 1.54) is 37.2 Å². The van der Waals surface area contributed by atoms with Gasteiger partial charge in [0.25, 0.3) is 11.8 Å². The zero-order valence-corrected chi connectivity index (χ0v) is 46.1. The van der Waals surface area contributed by atoms with Gasteiger partial charge in [0.05, 0.1) is 61.3 Å². The van der Waals surface area contributed by atoms with Gasteiger partial charge < -0.3 is 25.2 Å². The molecule has 2 aliphatic heterocycles. The smallest absolute Gasteiger partial charge is 0.271 e. The first-order valence-corrected chi connectivity index (χ1v) is 27.1. The van der Waals surface area contributed by atoms with Crippen molar-refractivity contribution in [3.05, 3.63) is 84.7 Å². The number of rotatable bonds is 16. The molecule has 1 fully saturated rings. The summed E-state index contributed by atoms with van der Waals surface area (Å²) in [5.74, 6) is -1.35. The van der Waals surface area contributed by atoms with E-state index in [9.17, 15) is 27.9 Å². The van der Waals surface area contributed by atoms with Gasteiger partial charge >= 0.3 is 0 Å². The number of nitrogens with one attached hydrogen (secondary N) is 2. The van der Waals surface area contributed by atoms with Crippen molar-refractivity contribution in [2.24, 2.45) is 4.99 Å². The predicted molar refractivity (Wildman–Crippen MR) is 269 cm³/mol. The Hall–Kier alpha value is -1.97. The van der Waals surface area contributed by atoms with Crippen LogP contribution in [0.1, 0.15) is 146 Å². The molecule has 1 saturated heterocycles. The van der Waals surface area contributed by atoms with E-state index in [1.54, 1.807) is 6.92 Å². The number of amides is 2. The third-order valence-corrected chi connectivity index (χ3v) is 12.2. The molecule has 3 aromatic heterocycles.